The zero-order valence-electron chi connectivity index (χ0n) is 28.4. The van der Waals surface area contributed by atoms with Crippen molar-refractivity contribution >= 4 is 44.7 Å². The molecule has 0 saturated heterocycles. The lowest BCUT2D eigenvalue weighted by Gasteiger charge is -2.37. The summed E-state index contributed by atoms with van der Waals surface area (Å²) >= 11 is 1.18. The second kappa shape index (κ2) is 13.4. The molecule has 0 bridgehead atoms. The first-order chi connectivity index (χ1) is 22.6. The number of aryl methyl sites for hydroxylation is 1. The second-order valence-electron chi connectivity index (χ2n) is 13.8. The van der Waals surface area contributed by atoms with E-state index in [1.54, 1.807) is 32.2 Å². The van der Waals surface area contributed by atoms with E-state index in [1.165, 1.54) is 17.4 Å². The van der Waals surface area contributed by atoms with E-state index >= 15 is 0 Å². The number of aromatic nitrogens is 1. The van der Waals surface area contributed by atoms with Gasteiger partial charge in [0.2, 0.25) is 0 Å². The van der Waals surface area contributed by atoms with Crippen LogP contribution in [-0.4, -0.2) is 46.9 Å². The van der Waals surface area contributed by atoms with Crippen molar-refractivity contribution in [2.24, 2.45) is 17.4 Å². The minimum absolute atomic E-state index is 0.0582. The highest BCUT2D eigenvalue weighted by Crippen LogP contribution is 2.49. The maximum atomic E-state index is 14.2. The standard InChI is InChI=1S/C36H45N7O4S/c1-7-47-35(5,6)15-20(16-37)33(45)42-25-9-8-10-26(25)43-34(46)31-28-27-22(11-12-24(38)30(27)48-31)36(40,32(44)29(28)39)23-17-41-21(13-18(2)3)14-19(23)4/h11-12,14-15,17-18,25-26,29H,7-10,13,38-40H2,1-6H3,(H,42,45)(H,43,46)/b20-15+/t25-,26+,29?,36?/m0/s1. The fraction of sp³-hybridized carbons (Fsp3) is 0.472. The molecule has 11 nitrogen and oxygen atoms in total. The van der Waals surface area contributed by atoms with Crippen LogP contribution >= 0.6 is 11.3 Å². The van der Waals surface area contributed by atoms with Crippen molar-refractivity contribution in [3.8, 4) is 6.07 Å². The number of carbonyl (C=O) groups is 3. The molecule has 0 spiro atoms. The number of hydrogen-bond donors (Lipinski definition) is 5. The average Bonchev–Trinajstić information content (AvgIpc) is 3.63. The van der Waals surface area contributed by atoms with Gasteiger partial charge < -0.3 is 32.6 Å². The summed E-state index contributed by atoms with van der Waals surface area (Å²) < 4.78 is 6.26. The summed E-state index contributed by atoms with van der Waals surface area (Å²) in [6.07, 6.45) is 5.97. The Morgan fingerprint density at radius 3 is 2.54 bits per heavy atom. The number of nitriles is 1. The molecule has 254 valence electrons. The lowest BCUT2D eigenvalue weighted by atomic mass is 9.70. The normalized spacial score (nSPS) is 22.6. The van der Waals surface area contributed by atoms with Crippen LogP contribution in [0.25, 0.3) is 10.1 Å². The number of nitrogens with two attached hydrogens (primary N) is 3. The first-order valence-electron chi connectivity index (χ1n) is 16.4. The number of anilines is 1. The minimum Gasteiger partial charge on any atom is -0.398 e. The Bertz CT molecular complexity index is 1860. The van der Waals surface area contributed by atoms with Crippen LogP contribution in [0.4, 0.5) is 5.69 Å². The van der Waals surface area contributed by atoms with Gasteiger partial charge >= 0.3 is 0 Å². The van der Waals surface area contributed by atoms with Crippen LogP contribution in [0.3, 0.4) is 0 Å². The fourth-order valence-corrected chi connectivity index (χ4v) is 8.28. The SMILES string of the molecule is CCOC(C)(C)/C=C(\C#N)C(=O)N[C@H]1CCC[C@H]1NC(=O)c1sc2c(N)ccc3c2c1C(N)C(=O)C3(N)c1cnc(CC(C)C)cc1C. The monoisotopic (exact) mass is 671 g/mol. The maximum absolute atomic E-state index is 14.2. The van der Waals surface area contributed by atoms with E-state index in [0.717, 1.165) is 24.1 Å². The summed E-state index contributed by atoms with van der Waals surface area (Å²) in [7, 11) is 0. The van der Waals surface area contributed by atoms with E-state index in [-0.39, 0.29) is 10.5 Å². The number of ether oxygens (including phenoxy) is 1. The summed E-state index contributed by atoms with van der Waals surface area (Å²) in [4.78, 5) is 46.3. The van der Waals surface area contributed by atoms with E-state index < -0.39 is 46.9 Å². The smallest absolute Gasteiger partial charge is 0.262 e. The number of ketones is 1. The number of benzene rings is 1. The molecule has 12 heteroatoms. The maximum Gasteiger partial charge on any atom is 0.262 e. The molecule has 1 aromatic carbocycles. The van der Waals surface area contributed by atoms with Gasteiger partial charge in [0.25, 0.3) is 11.8 Å². The van der Waals surface area contributed by atoms with Crippen LogP contribution in [0.15, 0.2) is 36.0 Å². The number of hydrogen-bond acceptors (Lipinski definition) is 10. The molecule has 2 unspecified atom stereocenters. The Balaban J connectivity index is 1.47. The highest BCUT2D eigenvalue weighted by molar-refractivity contribution is 7.21. The predicted molar refractivity (Wildman–Crippen MR) is 187 cm³/mol. The third-order valence-electron chi connectivity index (χ3n) is 9.25. The Morgan fingerprint density at radius 2 is 1.92 bits per heavy atom. The molecule has 2 heterocycles. The number of nitrogens with one attached hydrogen (secondary N) is 2. The third-order valence-corrected chi connectivity index (χ3v) is 10.5. The molecule has 1 fully saturated rings. The van der Waals surface area contributed by atoms with E-state index in [9.17, 15) is 19.6 Å². The van der Waals surface area contributed by atoms with Crippen LogP contribution in [0.1, 0.15) is 97.5 Å². The van der Waals surface area contributed by atoms with Crippen LogP contribution in [0.5, 0.6) is 0 Å². The number of amides is 2. The van der Waals surface area contributed by atoms with Gasteiger partial charge in [0.15, 0.2) is 5.78 Å². The van der Waals surface area contributed by atoms with Crippen LogP contribution in [-0.2, 0) is 26.3 Å². The number of pyridine rings is 1. The van der Waals surface area contributed by atoms with Crippen molar-refractivity contribution in [3.05, 3.63) is 68.9 Å². The molecule has 4 atom stereocenters. The molecule has 2 aromatic heterocycles. The van der Waals surface area contributed by atoms with Gasteiger partial charge in [-0.25, -0.2) is 0 Å². The first-order valence-corrected chi connectivity index (χ1v) is 17.2. The summed E-state index contributed by atoms with van der Waals surface area (Å²) in [6.45, 7) is 12.0. The number of carbonyl (C=O) groups excluding carboxylic acids is 3. The lowest BCUT2D eigenvalue weighted by molar-refractivity contribution is -0.124. The lowest BCUT2D eigenvalue weighted by Crippen LogP contribution is -2.53. The van der Waals surface area contributed by atoms with Crippen molar-refractivity contribution in [1.82, 2.24) is 15.6 Å². The van der Waals surface area contributed by atoms with Crippen LogP contribution < -0.4 is 27.8 Å². The third kappa shape index (κ3) is 6.35. The van der Waals surface area contributed by atoms with E-state index in [0.29, 0.717) is 57.8 Å². The molecule has 0 aliphatic heterocycles. The summed E-state index contributed by atoms with van der Waals surface area (Å²) in [6, 6.07) is 5.39. The molecule has 2 aliphatic rings. The van der Waals surface area contributed by atoms with Gasteiger partial charge in [0, 0.05) is 52.8 Å². The van der Waals surface area contributed by atoms with Crippen molar-refractivity contribution < 1.29 is 19.1 Å². The van der Waals surface area contributed by atoms with Crippen LogP contribution in [0, 0.1) is 24.2 Å². The molecule has 2 amide bonds. The van der Waals surface area contributed by atoms with Crippen LogP contribution in [0.2, 0.25) is 0 Å². The number of nitrogens with zero attached hydrogens (tertiary/aromatic N) is 2. The number of nitrogen functional groups attached to an aromatic ring is 1. The Labute approximate surface area is 285 Å². The van der Waals surface area contributed by atoms with Gasteiger partial charge in [-0.2, -0.15) is 5.26 Å². The van der Waals surface area contributed by atoms with Crippen molar-refractivity contribution in [1.29, 1.82) is 5.26 Å². The fourth-order valence-electron chi connectivity index (χ4n) is 7.08. The number of Topliss-reactive ketones (excluding diaryl/α,β-unsaturated/α-hetero) is 1. The summed E-state index contributed by atoms with van der Waals surface area (Å²) in [5.41, 5.74) is 21.4. The quantitative estimate of drug-likeness (QED) is 0.119. The first kappa shape index (κ1) is 35.2. The van der Waals surface area contributed by atoms with E-state index in [2.05, 4.69) is 29.5 Å². The van der Waals surface area contributed by atoms with Gasteiger partial charge in [0.1, 0.15) is 17.2 Å². The summed E-state index contributed by atoms with van der Waals surface area (Å²) in [5.74, 6) is -0.971. The van der Waals surface area contributed by atoms with E-state index in [1.807, 2.05) is 26.0 Å². The molecular weight excluding hydrogens is 627 g/mol. The Morgan fingerprint density at radius 1 is 1.23 bits per heavy atom. The van der Waals surface area contributed by atoms with Crippen molar-refractivity contribution in [2.75, 3.05) is 12.3 Å². The molecule has 0 radical (unpaired) electrons. The minimum atomic E-state index is -1.59. The van der Waals surface area contributed by atoms with Gasteiger partial charge in [-0.05, 0) is 88.6 Å². The second-order valence-corrected chi connectivity index (χ2v) is 14.8. The predicted octanol–water partition coefficient (Wildman–Crippen LogP) is 4.20. The zero-order chi connectivity index (χ0) is 35.1. The molecule has 1 saturated carbocycles. The molecule has 8 N–H and O–H groups in total. The summed E-state index contributed by atoms with van der Waals surface area (Å²) in [5, 5.41) is 16.3. The number of thiophene rings is 1. The van der Waals surface area contributed by atoms with Gasteiger partial charge in [0.05, 0.1) is 21.2 Å². The molecular formula is C36H45N7O4S. The van der Waals surface area contributed by atoms with E-state index in [4.69, 9.17) is 21.9 Å². The molecule has 5 rings (SSSR count). The molecule has 3 aromatic rings. The van der Waals surface area contributed by atoms with Crippen molar-refractivity contribution in [2.45, 2.75) is 96.5 Å². The largest absolute Gasteiger partial charge is 0.398 e. The Hall–Kier alpha value is -4.15. The van der Waals surface area contributed by atoms with Gasteiger partial charge in [-0.15, -0.1) is 11.3 Å². The number of rotatable bonds is 10. The average molecular weight is 672 g/mol. The van der Waals surface area contributed by atoms with Gasteiger partial charge in [-0.1, -0.05) is 19.9 Å². The molecule has 48 heavy (non-hydrogen) atoms. The Kier molecular flexibility index (Phi) is 9.81. The highest BCUT2D eigenvalue weighted by atomic mass is 32.1. The van der Waals surface area contributed by atoms with Gasteiger partial charge in [-0.3, -0.25) is 19.4 Å². The highest BCUT2D eigenvalue weighted by Gasteiger charge is 2.49. The topological polar surface area (TPSA) is 199 Å². The molecule has 2 aliphatic carbocycles. The van der Waals surface area contributed by atoms with Crippen molar-refractivity contribution in [3.63, 3.8) is 0 Å². The zero-order valence-corrected chi connectivity index (χ0v) is 29.2.